The van der Waals surface area contributed by atoms with E-state index in [-0.39, 0.29) is 30.4 Å². The van der Waals surface area contributed by atoms with Crippen molar-refractivity contribution in [2.24, 2.45) is 0 Å². The molecule has 0 aliphatic rings. The summed E-state index contributed by atoms with van der Waals surface area (Å²) in [5, 5.41) is 13.5. The first kappa shape index (κ1) is 20.0. The average molecular weight is 379 g/mol. The van der Waals surface area contributed by atoms with Gasteiger partial charge in [0.25, 0.3) is 11.8 Å². The van der Waals surface area contributed by atoms with E-state index in [1.54, 1.807) is 0 Å². The highest BCUT2D eigenvalue weighted by atomic mass is 19.1. The maximum absolute atomic E-state index is 13.7. The van der Waals surface area contributed by atoms with E-state index in [0.29, 0.717) is 6.42 Å². The molecule has 27 heavy (non-hydrogen) atoms. The van der Waals surface area contributed by atoms with Gasteiger partial charge in [-0.1, -0.05) is 13.0 Å². The number of halogens is 2. The van der Waals surface area contributed by atoms with Gasteiger partial charge in [-0.05, 0) is 18.6 Å². The summed E-state index contributed by atoms with van der Waals surface area (Å²) in [7, 11) is 0. The Morgan fingerprint density at radius 1 is 1.07 bits per heavy atom. The molecule has 0 bridgehead atoms. The molecule has 0 unspecified atom stereocenters. The highest BCUT2D eigenvalue weighted by Crippen LogP contribution is 2.17. The van der Waals surface area contributed by atoms with Gasteiger partial charge in [0, 0.05) is 19.5 Å². The summed E-state index contributed by atoms with van der Waals surface area (Å²) in [5.41, 5.74) is -0.876. The van der Waals surface area contributed by atoms with Gasteiger partial charge in [0.15, 0.2) is 0 Å². The Morgan fingerprint density at radius 3 is 2.41 bits per heavy atom. The van der Waals surface area contributed by atoms with Crippen molar-refractivity contribution in [2.45, 2.75) is 19.8 Å². The summed E-state index contributed by atoms with van der Waals surface area (Å²) in [6, 6.07) is 3.04. The van der Waals surface area contributed by atoms with Crippen molar-refractivity contribution in [3.05, 3.63) is 47.3 Å². The molecule has 2 aromatic rings. The highest BCUT2D eigenvalue weighted by molar-refractivity contribution is 6.08. The second-order valence-electron chi connectivity index (χ2n) is 5.57. The lowest BCUT2D eigenvalue weighted by Crippen LogP contribution is -2.35. The normalized spacial score (nSPS) is 10.3. The van der Waals surface area contributed by atoms with E-state index in [2.05, 4.69) is 26.1 Å². The molecule has 3 amide bonds. The van der Waals surface area contributed by atoms with Gasteiger partial charge >= 0.3 is 0 Å². The van der Waals surface area contributed by atoms with Gasteiger partial charge in [0.1, 0.15) is 22.9 Å². The first-order valence-corrected chi connectivity index (χ1v) is 8.27. The molecule has 0 radical (unpaired) electrons. The van der Waals surface area contributed by atoms with Crippen LogP contribution in [0.15, 0.2) is 24.4 Å². The summed E-state index contributed by atoms with van der Waals surface area (Å²) >= 11 is 0. The maximum atomic E-state index is 13.7. The number of rotatable bonds is 8. The Hall–Kier alpha value is -3.30. The van der Waals surface area contributed by atoms with Crippen LogP contribution in [0.25, 0.3) is 0 Å². The van der Waals surface area contributed by atoms with Crippen LogP contribution in [0.1, 0.15) is 40.6 Å². The van der Waals surface area contributed by atoms with Crippen molar-refractivity contribution in [3.8, 4) is 0 Å². The molecule has 144 valence electrons. The van der Waals surface area contributed by atoms with Gasteiger partial charge in [-0.25, -0.2) is 8.78 Å². The zero-order chi connectivity index (χ0) is 19.8. The fourth-order valence-corrected chi connectivity index (χ4v) is 2.24. The van der Waals surface area contributed by atoms with Crippen LogP contribution in [0.4, 0.5) is 14.5 Å². The van der Waals surface area contributed by atoms with Crippen LogP contribution in [0.3, 0.4) is 0 Å². The molecule has 0 aliphatic carbocycles. The first-order chi connectivity index (χ1) is 12.9. The molecule has 2 rings (SSSR count). The van der Waals surface area contributed by atoms with Crippen LogP contribution in [0.2, 0.25) is 0 Å². The number of nitrogens with zero attached hydrogens (tertiary/aromatic N) is 1. The third kappa shape index (κ3) is 5.33. The number of aromatic nitrogens is 2. The van der Waals surface area contributed by atoms with E-state index >= 15 is 0 Å². The predicted octanol–water partition coefficient (Wildman–Crippen LogP) is 1.59. The lowest BCUT2D eigenvalue weighted by atomic mass is 10.2. The molecule has 1 aromatic heterocycles. The van der Waals surface area contributed by atoms with Crippen LogP contribution < -0.4 is 16.0 Å². The quantitative estimate of drug-likeness (QED) is 0.521. The Balaban J connectivity index is 1.96. The van der Waals surface area contributed by atoms with Crippen LogP contribution in [0.5, 0.6) is 0 Å². The number of nitrogens with one attached hydrogen (secondary N) is 4. The molecular formula is C17H19F2N5O3. The number of hydrogen-bond donors (Lipinski definition) is 4. The van der Waals surface area contributed by atoms with Crippen molar-refractivity contribution in [2.75, 3.05) is 18.4 Å². The molecule has 1 aromatic carbocycles. The first-order valence-electron chi connectivity index (χ1n) is 8.27. The Labute approximate surface area is 153 Å². The third-order valence-electron chi connectivity index (χ3n) is 3.51. The number of carbonyl (C=O) groups excluding carboxylic acids is 3. The zero-order valence-corrected chi connectivity index (χ0v) is 14.6. The maximum Gasteiger partial charge on any atom is 0.271 e. The minimum absolute atomic E-state index is 0.0322. The smallest absolute Gasteiger partial charge is 0.271 e. The number of anilines is 1. The number of amides is 3. The fraction of sp³-hybridized carbons (Fsp3) is 0.294. The minimum Gasteiger partial charge on any atom is -0.354 e. The molecule has 0 spiro atoms. The second kappa shape index (κ2) is 9.41. The van der Waals surface area contributed by atoms with Gasteiger partial charge in [0.05, 0.1) is 11.9 Å². The molecule has 0 atom stereocenters. The molecule has 0 saturated heterocycles. The topological polar surface area (TPSA) is 116 Å². The molecule has 0 aliphatic heterocycles. The van der Waals surface area contributed by atoms with Crippen molar-refractivity contribution in [1.29, 1.82) is 0 Å². The van der Waals surface area contributed by atoms with Gasteiger partial charge in [-0.2, -0.15) is 5.10 Å². The summed E-state index contributed by atoms with van der Waals surface area (Å²) in [6.45, 7) is 2.27. The van der Waals surface area contributed by atoms with Crippen molar-refractivity contribution in [3.63, 3.8) is 0 Å². The summed E-state index contributed by atoms with van der Waals surface area (Å²) in [4.78, 5) is 35.6. The monoisotopic (exact) mass is 379 g/mol. The van der Waals surface area contributed by atoms with E-state index in [0.717, 1.165) is 30.8 Å². The highest BCUT2D eigenvalue weighted by Gasteiger charge is 2.21. The Morgan fingerprint density at radius 2 is 1.74 bits per heavy atom. The van der Waals surface area contributed by atoms with Crippen molar-refractivity contribution >= 4 is 23.4 Å². The second-order valence-corrected chi connectivity index (χ2v) is 5.57. The van der Waals surface area contributed by atoms with Gasteiger partial charge in [-0.3, -0.25) is 19.5 Å². The number of hydrogen-bond acceptors (Lipinski definition) is 4. The molecule has 8 nitrogen and oxygen atoms in total. The molecule has 1 heterocycles. The third-order valence-corrected chi connectivity index (χ3v) is 3.51. The summed E-state index contributed by atoms with van der Waals surface area (Å²) in [6.07, 6.45) is 2.27. The number of H-pyrrole nitrogens is 1. The standard InChI is InChI=1S/C17H19F2N5O3/c1-2-4-13(25)20-7-8-21-17(27)15-12(9-22-24-15)23-16(26)14-10(18)5-3-6-11(14)19/h3,5-6,9H,2,4,7-8H2,1H3,(H,20,25)(H,21,27)(H,22,24)(H,23,26). The number of benzene rings is 1. The van der Waals surface area contributed by atoms with Crippen LogP contribution in [0, 0.1) is 11.6 Å². The number of carbonyl (C=O) groups is 3. The Bertz CT molecular complexity index is 817. The Kier molecular flexibility index (Phi) is 6.98. The largest absolute Gasteiger partial charge is 0.354 e. The van der Waals surface area contributed by atoms with Gasteiger partial charge in [0.2, 0.25) is 5.91 Å². The van der Waals surface area contributed by atoms with Gasteiger partial charge < -0.3 is 16.0 Å². The molecule has 0 fully saturated rings. The van der Waals surface area contributed by atoms with Crippen LogP contribution in [-0.4, -0.2) is 41.0 Å². The average Bonchev–Trinajstić information content (AvgIpc) is 3.07. The molecule has 0 saturated carbocycles. The van der Waals surface area contributed by atoms with E-state index in [4.69, 9.17) is 0 Å². The SMILES string of the molecule is CCCC(=O)NCCNC(=O)c1[nH]ncc1NC(=O)c1c(F)cccc1F. The summed E-state index contributed by atoms with van der Waals surface area (Å²) < 4.78 is 27.4. The molecular weight excluding hydrogens is 360 g/mol. The van der Waals surface area contributed by atoms with E-state index in [1.165, 1.54) is 0 Å². The fourth-order valence-electron chi connectivity index (χ4n) is 2.24. The van der Waals surface area contributed by atoms with Gasteiger partial charge in [-0.15, -0.1) is 0 Å². The predicted molar refractivity (Wildman–Crippen MR) is 93.1 cm³/mol. The van der Waals surface area contributed by atoms with Crippen LogP contribution >= 0.6 is 0 Å². The zero-order valence-electron chi connectivity index (χ0n) is 14.6. The van der Waals surface area contributed by atoms with Crippen molar-refractivity contribution < 1.29 is 23.2 Å². The van der Waals surface area contributed by atoms with E-state index < -0.39 is 29.0 Å². The van der Waals surface area contributed by atoms with E-state index in [9.17, 15) is 23.2 Å². The lowest BCUT2D eigenvalue weighted by Gasteiger charge is -2.09. The minimum atomic E-state index is -1.05. The van der Waals surface area contributed by atoms with E-state index in [1.807, 2.05) is 6.92 Å². The number of aromatic amines is 1. The summed E-state index contributed by atoms with van der Waals surface area (Å²) in [5.74, 6) is -3.81. The van der Waals surface area contributed by atoms with Crippen molar-refractivity contribution in [1.82, 2.24) is 20.8 Å². The van der Waals surface area contributed by atoms with Crippen LogP contribution in [-0.2, 0) is 4.79 Å². The molecule has 10 heteroatoms. The lowest BCUT2D eigenvalue weighted by molar-refractivity contribution is -0.121. The molecule has 4 N–H and O–H groups in total.